The lowest BCUT2D eigenvalue weighted by atomic mass is 10.1. The molecule has 98 valence electrons. The van der Waals surface area contributed by atoms with E-state index in [2.05, 4.69) is 0 Å². The molecule has 19 heavy (non-hydrogen) atoms. The fourth-order valence-corrected chi connectivity index (χ4v) is 1.77. The fourth-order valence-electron chi connectivity index (χ4n) is 1.77. The first-order valence-electron chi connectivity index (χ1n) is 5.73. The van der Waals surface area contributed by atoms with Crippen molar-refractivity contribution in [3.8, 4) is 0 Å². The molecule has 2 N–H and O–H groups in total. The van der Waals surface area contributed by atoms with E-state index in [1.54, 1.807) is 30.5 Å². The number of nitrogens with zero attached hydrogens (tertiary/aromatic N) is 1. The predicted molar refractivity (Wildman–Crippen MR) is 69.1 cm³/mol. The van der Waals surface area contributed by atoms with Crippen molar-refractivity contribution in [2.24, 2.45) is 0 Å². The van der Waals surface area contributed by atoms with Crippen LogP contribution in [0.5, 0.6) is 0 Å². The van der Waals surface area contributed by atoms with Gasteiger partial charge in [0.05, 0.1) is 13.2 Å². The minimum atomic E-state index is -1.23. The number of pyridine rings is 1. The number of carbonyl (C=O) groups is 1. The number of carboxylic acids is 1. The van der Waals surface area contributed by atoms with Gasteiger partial charge >= 0.3 is 5.97 Å². The minimum Gasteiger partial charge on any atom is -0.477 e. The summed E-state index contributed by atoms with van der Waals surface area (Å²) in [6.45, 7) is 0.264. The Balaban J connectivity index is 2.30. The molecular formula is C14H13NO4. The summed E-state index contributed by atoms with van der Waals surface area (Å²) < 4.78 is 1.34. The largest absolute Gasteiger partial charge is 0.477 e. The second-order valence-corrected chi connectivity index (χ2v) is 4.13. The summed E-state index contributed by atoms with van der Waals surface area (Å²) in [4.78, 5) is 22.7. The zero-order valence-electron chi connectivity index (χ0n) is 10.1. The first-order valence-corrected chi connectivity index (χ1v) is 5.73. The van der Waals surface area contributed by atoms with Gasteiger partial charge in [0.2, 0.25) is 0 Å². The standard InChI is InChI=1S/C14H13NO4/c16-9-11-5-3-10(4-6-11)8-15-7-1-2-12(13(15)17)14(18)19/h1-7,16H,8-9H2,(H,18,19). The average Bonchev–Trinajstić information content (AvgIpc) is 2.41. The van der Waals surface area contributed by atoms with Crippen LogP contribution in [0, 0.1) is 0 Å². The van der Waals surface area contributed by atoms with E-state index >= 15 is 0 Å². The van der Waals surface area contributed by atoms with Crippen molar-refractivity contribution in [3.05, 3.63) is 69.6 Å². The summed E-state index contributed by atoms with van der Waals surface area (Å²) in [6.07, 6.45) is 1.55. The van der Waals surface area contributed by atoms with Gasteiger partial charge < -0.3 is 14.8 Å². The molecule has 1 heterocycles. The minimum absolute atomic E-state index is 0.0330. The summed E-state index contributed by atoms with van der Waals surface area (Å²) in [6, 6.07) is 9.95. The van der Waals surface area contributed by atoms with Gasteiger partial charge in [0.25, 0.3) is 5.56 Å². The number of aliphatic hydroxyl groups excluding tert-OH is 1. The summed E-state index contributed by atoms with van der Waals surface area (Å²) >= 11 is 0. The van der Waals surface area contributed by atoms with Crippen LogP contribution in [0.1, 0.15) is 21.5 Å². The third-order valence-corrected chi connectivity index (χ3v) is 2.81. The zero-order chi connectivity index (χ0) is 13.8. The van der Waals surface area contributed by atoms with E-state index in [4.69, 9.17) is 10.2 Å². The highest BCUT2D eigenvalue weighted by atomic mass is 16.4. The van der Waals surface area contributed by atoms with Crippen LogP contribution in [0.15, 0.2) is 47.4 Å². The van der Waals surface area contributed by atoms with E-state index in [-0.39, 0.29) is 12.2 Å². The number of aliphatic hydroxyl groups is 1. The van der Waals surface area contributed by atoms with Crippen molar-refractivity contribution in [2.75, 3.05) is 0 Å². The molecule has 0 fully saturated rings. The average molecular weight is 259 g/mol. The molecule has 0 atom stereocenters. The molecule has 5 nitrogen and oxygen atoms in total. The Morgan fingerprint density at radius 1 is 1.11 bits per heavy atom. The van der Waals surface area contributed by atoms with E-state index in [1.165, 1.54) is 16.7 Å². The Bertz CT molecular complexity index is 643. The van der Waals surface area contributed by atoms with Gasteiger partial charge in [-0.25, -0.2) is 4.79 Å². The van der Waals surface area contributed by atoms with Crippen LogP contribution in [0.25, 0.3) is 0 Å². The maximum Gasteiger partial charge on any atom is 0.341 e. The van der Waals surface area contributed by atoms with Crippen LogP contribution in [-0.2, 0) is 13.2 Å². The molecule has 0 saturated carbocycles. The molecule has 5 heteroatoms. The second-order valence-electron chi connectivity index (χ2n) is 4.13. The summed E-state index contributed by atoms with van der Waals surface area (Å²) in [5, 5.41) is 17.8. The molecule has 0 saturated heterocycles. The molecule has 0 amide bonds. The topological polar surface area (TPSA) is 79.5 Å². The molecule has 0 aliphatic heterocycles. The van der Waals surface area contributed by atoms with Crippen LogP contribution in [0.2, 0.25) is 0 Å². The number of aromatic nitrogens is 1. The Morgan fingerprint density at radius 3 is 2.32 bits per heavy atom. The maximum atomic E-state index is 11.9. The first-order chi connectivity index (χ1) is 9.11. The van der Waals surface area contributed by atoms with Crippen molar-refractivity contribution in [2.45, 2.75) is 13.2 Å². The molecule has 1 aromatic heterocycles. The van der Waals surface area contributed by atoms with E-state index in [0.717, 1.165) is 11.1 Å². The van der Waals surface area contributed by atoms with Crippen LogP contribution in [0.3, 0.4) is 0 Å². The number of benzene rings is 1. The van der Waals surface area contributed by atoms with Gasteiger partial charge in [0, 0.05) is 6.20 Å². The smallest absolute Gasteiger partial charge is 0.341 e. The molecule has 2 rings (SSSR count). The molecule has 0 radical (unpaired) electrons. The van der Waals surface area contributed by atoms with Crippen LogP contribution < -0.4 is 5.56 Å². The van der Waals surface area contributed by atoms with Gasteiger partial charge in [-0.05, 0) is 23.3 Å². The number of rotatable bonds is 4. The monoisotopic (exact) mass is 259 g/mol. The number of hydrogen-bond acceptors (Lipinski definition) is 3. The van der Waals surface area contributed by atoms with Gasteiger partial charge in [0.1, 0.15) is 5.56 Å². The van der Waals surface area contributed by atoms with Crippen molar-refractivity contribution >= 4 is 5.97 Å². The van der Waals surface area contributed by atoms with Crippen LogP contribution in [-0.4, -0.2) is 20.7 Å². The van der Waals surface area contributed by atoms with Gasteiger partial charge in [0.15, 0.2) is 0 Å². The quantitative estimate of drug-likeness (QED) is 0.861. The molecule has 2 aromatic rings. The van der Waals surface area contributed by atoms with Gasteiger partial charge in [-0.1, -0.05) is 24.3 Å². The summed E-state index contributed by atoms with van der Waals surface area (Å²) in [5.41, 5.74) is 0.882. The van der Waals surface area contributed by atoms with E-state index < -0.39 is 11.5 Å². The molecule has 0 bridgehead atoms. The highest BCUT2D eigenvalue weighted by Crippen LogP contribution is 2.06. The lowest BCUT2D eigenvalue weighted by Crippen LogP contribution is -2.25. The molecule has 0 spiro atoms. The van der Waals surface area contributed by atoms with Crippen molar-refractivity contribution in [3.63, 3.8) is 0 Å². The first kappa shape index (κ1) is 13.0. The molecule has 1 aromatic carbocycles. The number of hydrogen-bond donors (Lipinski definition) is 2. The third kappa shape index (κ3) is 2.89. The lowest BCUT2D eigenvalue weighted by Gasteiger charge is -2.07. The highest BCUT2D eigenvalue weighted by Gasteiger charge is 2.10. The lowest BCUT2D eigenvalue weighted by molar-refractivity contribution is 0.0694. The van der Waals surface area contributed by atoms with Crippen LogP contribution in [0.4, 0.5) is 0 Å². The third-order valence-electron chi connectivity index (χ3n) is 2.81. The zero-order valence-corrected chi connectivity index (χ0v) is 10.1. The van der Waals surface area contributed by atoms with Crippen molar-refractivity contribution in [1.82, 2.24) is 4.57 Å². The maximum absolute atomic E-state index is 11.9. The van der Waals surface area contributed by atoms with Crippen molar-refractivity contribution in [1.29, 1.82) is 0 Å². The van der Waals surface area contributed by atoms with Crippen LogP contribution >= 0.6 is 0 Å². The normalized spacial score (nSPS) is 10.4. The molecular weight excluding hydrogens is 246 g/mol. The number of carboxylic acid groups (broad SMARTS) is 1. The fraction of sp³-hybridized carbons (Fsp3) is 0.143. The number of aromatic carboxylic acids is 1. The SMILES string of the molecule is O=C(O)c1cccn(Cc2ccc(CO)cc2)c1=O. The summed E-state index contributed by atoms with van der Waals surface area (Å²) in [5.74, 6) is -1.23. The molecule has 0 aliphatic carbocycles. The predicted octanol–water partition coefficient (Wildman–Crippen LogP) is 1.09. The van der Waals surface area contributed by atoms with Gasteiger partial charge in [-0.3, -0.25) is 4.79 Å². The molecule has 0 unspecified atom stereocenters. The molecule has 0 aliphatic rings. The van der Waals surface area contributed by atoms with Gasteiger partial charge in [-0.15, -0.1) is 0 Å². The van der Waals surface area contributed by atoms with Crippen molar-refractivity contribution < 1.29 is 15.0 Å². The Hall–Kier alpha value is -2.40. The summed E-state index contributed by atoms with van der Waals surface area (Å²) in [7, 11) is 0. The van der Waals surface area contributed by atoms with E-state index in [1.807, 2.05) is 0 Å². The second kappa shape index (κ2) is 5.49. The van der Waals surface area contributed by atoms with E-state index in [9.17, 15) is 9.59 Å². The highest BCUT2D eigenvalue weighted by molar-refractivity contribution is 5.86. The van der Waals surface area contributed by atoms with E-state index in [0.29, 0.717) is 6.54 Å². The Morgan fingerprint density at radius 2 is 1.74 bits per heavy atom. The Labute approximate surface area is 109 Å². The Kier molecular flexibility index (Phi) is 3.77. The van der Waals surface area contributed by atoms with Gasteiger partial charge in [-0.2, -0.15) is 0 Å².